The number of carbonyl (C=O) groups is 1. The third kappa shape index (κ3) is 3.75. The molecule has 1 aliphatic rings. The van der Waals surface area contributed by atoms with Crippen LogP contribution in [0, 0.1) is 13.8 Å². The molecule has 8 nitrogen and oxygen atoms in total. The zero-order chi connectivity index (χ0) is 22.1. The first-order valence-corrected chi connectivity index (χ1v) is 10.7. The van der Waals surface area contributed by atoms with Crippen LogP contribution in [0.5, 0.6) is 0 Å². The molecule has 8 heteroatoms. The fourth-order valence-corrected chi connectivity index (χ4v) is 3.98. The van der Waals surface area contributed by atoms with Gasteiger partial charge < -0.3 is 14.4 Å². The molecule has 32 heavy (non-hydrogen) atoms. The number of hydrogen-bond acceptors (Lipinski definition) is 5. The Labute approximate surface area is 186 Å². The summed E-state index contributed by atoms with van der Waals surface area (Å²) in [5, 5.41) is 0. The molecular formula is C24H25N7O. The number of nitrogens with zero attached hydrogens (tertiary/aromatic N) is 7. The molecule has 0 saturated carbocycles. The van der Waals surface area contributed by atoms with Crippen LogP contribution in [-0.2, 0) is 0 Å². The summed E-state index contributed by atoms with van der Waals surface area (Å²) in [7, 11) is 0. The Morgan fingerprint density at radius 1 is 0.875 bits per heavy atom. The number of anilines is 1. The zero-order valence-electron chi connectivity index (χ0n) is 18.2. The molecule has 0 atom stereocenters. The minimum Gasteiger partial charge on any atom is -0.353 e. The van der Waals surface area contributed by atoms with Gasteiger partial charge in [0.15, 0.2) is 0 Å². The molecule has 1 aromatic carbocycles. The van der Waals surface area contributed by atoms with E-state index in [1.54, 1.807) is 12.7 Å². The van der Waals surface area contributed by atoms with E-state index in [0.717, 1.165) is 41.8 Å². The first-order valence-electron chi connectivity index (χ1n) is 10.7. The number of amides is 1. The van der Waals surface area contributed by atoms with E-state index in [2.05, 4.69) is 19.9 Å². The van der Waals surface area contributed by atoms with Crippen molar-refractivity contribution in [2.45, 2.75) is 13.8 Å². The number of rotatable bonds is 4. The van der Waals surface area contributed by atoms with Gasteiger partial charge in [-0.2, -0.15) is 0 Å². The SMILES string of the molecule is Cc1ncn(-c2cc(N3CCN(C(=O)c4ccc(-n5cccc5)cc4)CC3)ncn2)c1C. The number of imidazole rings is 1. The maximum atomic E-state index is 13.0. The fraction of sp³-hybridized carbons (Fsp3) is 0.250. The van der Waals surface area contributed by atoms with Crippen molar-refractivity contribution < 1.29 is 4.79 Å². The van der Waals surface area contributed by atoms with Crippen molar-refractivity contribution in [1.82, 2.24) is 29.0 Å². The molecule has 1 amide bonds. The highest BCUT2D eigenvalue weighted by atomic mass is 16.2. The van der Waals surface area contributed by atoms with Gasteiger partial charge in [-0.05, 0) is 50.2 Å². The Morgan fingerprint density at radius 3 is 2.22 bits per heavy atom. The van der Waals surface area contributed by atoms with Crippen LogP contribution in [0.1, 0.15) is 21.7 Å². The number of piperazine rings is 1. The minimum atomic E-state index is 0.0663. The first kappa shape index (κ1) is 20.0. The van der Waals surface area contributed by atoms with Gasteiger partial charge in [0.25, 0.3) is 5.91 Å². The molecule has 5 rings (SSSR count). The van der Waals surface area contributed by atoms with E-state index in [1.165, 1.54) is 0 Å². The number of aromatic nitrogens is 5. The van der Waals surface area contributed by atoms with E-state index in [9.17, 15) is 4.79 Å². The highest BCUT2D eigenvalue weighted by molar-refractivity contribution is 5.94. The van der Waals surface area contributed by atoms with Crippen LogP contribution in [0.3, 0.4) is 0 Å². The van der Waals surface area contributed by atoms with Crippen molar-refractivity contribution in [3.8, 4) is 11.5 Å². The van der Waals surface area contributed by atoms with E-state index < -0.39 is 0 Å². The summed E-state index contributed by atoms with van der Waals surface area (Å²) in [4.78, 5) is 30.3. The second kappa shape index (κ2) is 8.30. The van der Waals surface area contributed by atoms with Crippen LogP contribution in [0.15, 0.2) is 67.5 Å². The average Bonchev–Trinajstić information content (AvgIpc) is 3.50. The normalized spacial score (nSPS) is 14.1. The van der Waals surface area contributed by atoms with Crippen molar-refractivity contribution >= 4 is 11.7 Å². The third-order valence-corrected chi connectivity index (χ3v) is 6.04. The van der Waals surface area contributed by atoms with Crippen LogP contribution in [0.2, 0.25) is 0 Å². The molecule has 3 aromatic heterocycles. The minimum absolute atomic E-state index is 0.0663. The Kier molecular flexibility index (Phi) is 5.18. The summed E-state index contributed by atoms with van der Waals surface area (Å²) in [6.07, 6.45) is 7.35. The monoisotopic (exact) mass is 427 g/mol. The highest BCUT2D eigenvalue weighted by Crippen LogP contribution is 2.19. The van der Waals surface area contributed by atoms with Crippen LogP contribution >= 0.6 is 0 Å². The lowest BCUT2D eigenvalue weighted by molar-refractivity contribution is 0.0746. The van der Waals surface area contributed by atoms with Gasteiger partial charge in [0, 0.05) is 61.6 Å². The molecule has 0 N–H and O–H groups in total. The number of benzene rings is 1. The van der Waals surface area contributed by atoms with Crippen molar-refractivity contribution in [2.75, 3.05) is 31.1 Å². The predicted molar refractivity (Wildman–Crippen MR) is 123 cm³/mol. The summed E-state index contributed by atoms with van der Waals surface area (Å²) < 4.78 is 3.99. The van der Waals surface area contributed by atoms with E-state index in [-0.39, 0.29) is 5.91 Å². The lowest BCUT2D eigenvalue weighted by Crippen LogP contribution is -2.49. The second-order valence-electron chi connectivity index (χ2n) is 7.94. The summed E-state index contributed by atoms with van der Waals surface area (Å²) in [5.74, 6) is 1.73. The summed E-state index contributed by atoms with van der Waals surface area (Å²) in [6, 6.07) is 13.7. The molecule has 0 aliphatic carbocycles. The molecule has 1 saturated heterocycles. The van der Waals surface area contributed by atoms with Gasteiger partial charge in [-0.3, -0.25) is 9.36 Å². The van der Waals surface area contributed by atoms with Crippen LogP contribution in [-0.4, -0.2) is 61.1 Å². The standard InChI is InChI=1S/C24H25N7O/c1-18-19(2)31(17-27-18)23-15-22(25-16-26-23)29-11-13-30(14-12-29)24(32)20-5-7-21(8-6-20)28-9-3-4-10-28/h3-10,15-17H,11-14H2,1-2H3. The Hall–Kier alpha value is -3.94. The average molecular weight is 428 g/mol. The van der Waals surface area contributed by atoms with Gasteiger partial charge >= 0.3 is 0 Å². The number of hydrogen-bond donors (Lipinski definition) is 0. The summed E-state index contributed by atoms with van der Waals surface area (Å²) in [5.41, 5.74) is 3.80. The van der Waals surface area contributed by atoms with E-state index in [0.29, 0.717) is 18.7 Å². The highest BCUT2D eigenvalue weighted by Gasteiger charge is 2.23. The molecule has 0 radical (unpaired) electrons. The molecule has 0 bridgehead atoms. The maximum absolute atomic E-state index is 13.0. The molecule has 0 spiro atoms. The fourth-order valence-electron chi connectivity index (χ4n) is 3.98. The molecule has 0 unspecified atom stereocenters. The Bertz CT molecular complexity index is 1220. The van der Waals surface area contributed by atoms with Crippen LogP contribution in [0.25, 0.3) is 11.5 Å². The van der Waals surface area contributed by atoms with Gasteiger partial charge in [-0.25, -0.2) is 15.0 Å². The second-order valence-corrected chi connectivity index (χ2v) is 7.94. The van der Waals surface area contributed by atoms with Gasteiger partial charge in [0.05, 0.1) is 5.69 Å². The smallest absolute Gasteiger partial charge is 0.253 e. The van der Waals surface area contributed by atoms with Crippen LogP contribution < -0.4 is 4.90 Å². The molecule has 1 fully saturated rings. The van der Waals surface area contributed by atoms with Crippen LogP contribution in [0.4, 0.5) is 5.82 Å². The molecule has 4 heterocycles. The number of aryl methyl sites for hydroxylation is 1. The quantitative estimate of drug-likeness (QED) is 0.501. The third-order valence-electron chi connectivity index (χ3n) is 6.04. The van der Waals surface area contributed by atoms with E-state index >= 15 is 0 Å². The molecule has 4 aromatic rings. The van der Waals surface area contributed by atoms with Gasteiger partial charge in [0.2, 0.25) is 0 Å². The molecule has 162 valence electrons. The van der Waals surface area contributed by atoms with E-state index in [1.807, 2.05) is 82.7 Å². The summed E-state index contributed by atoms with van der Waals surface area (Å²) in [6.45, 7) is 6.77. The number of carbonyl (C=O) groups excluding carboxylic acids is 1. The Morgan fingerprint density at radius 2 is 1.56 bits per heavy atom. The predicted octanol–water partition coefficient (Wildman–Crippen LogP) is 3.03. The lowest BCUT2D eigenvalue weighted by Gasteiger charge is -2.35. The van der Waals surface area contributed by atoms with Crippen molar-refractivity contribution in [2.24, 2.45) is 0 Å². The van der Waals surface area contributed by atoms with Crippen molar-refractivity contribution in [3.05, 3.63) is 84.5 Å². The van der Waals surface area contributed by atoms with Crippen molar-refractivity contribution in [1.29, 1.82) is 0 Å². The zero-order valence-corrected chi connectivity index (χ0v) is 18.2. The summed E-state index contributed by atoms with van der Waals surface area (Å²) >= 11 is 0. The lowest BCUT2D eigenvalue weighted by atomic mass is 10.1. The van der Waals surface area contributed by atoms with E-state index in [4.69, 9.17) is 0 Å². The molecular weight excluding hydrogens is 402 g/mol. The topological polar surface area (TPSA) is 72.1 Å². The molecule has 1 aliphatic heterocycles. The van der Waals surface area contributed by atoms with Gasteiger partial charge in [-0.1, -0.05) is 0 Å². The van der Waals surface area contributed by atoms with Crippen molar-refractivity contribution in [3.63, 3.8) is 0 Å². The first-order chi connectivity index (χ1) is 15.6. The maximum Gasteiger partial charge on any atom is 0.253 e. The van der Waals surface area contributed by atoms with Gasteiger partial charge in [0.1, 0.15) is 24.3 Å². The Balaban J connectivity index is 1.25. The largest absolute Gasteiger partial charge is 0.353 e. The van der Waals surface area contributed by atoms with Gasteiger partial charge in [-0.15, -0.1) is 0 Å².